The SMILES string of the molecule is CC(=O)NCc1ccc(-c2csc(NC(=O)Cc3csc(-c4cccc(C)c4)n3)n2)o1. The van der Waals surface area contributed by atoms with Gasteiger partial charge in [-0.05, 0) is 25.1 Å². The first-order valence-electron chi connectivity index (χ1n) is 9.56. The van der Waals surface area contributed by atoms with Gasteiger partial charge in [0.1, 0.15) is 16.5 Å². The zero-order valence-corrected chi connectivity index (χ0v) is 18.6. The van der Waals surface area contributed by atoms with Crippen molar-refractivity contribution >= 4 is 39.6 Å². The molecule has 0 radical (unpaired) electrons. The number of nitrogens with zero attached hydrogens (tertiary/aromatic N) is 2. The summed E-state index contributed by atoms with van der Waals surface area (Å²) in [6.07, 6.45) is 0.179. The van der Waals surface area contributed by atoms with Crippen molar-refractivity contribution in [3.05, 3.63) is 64.2 Å². The Labute approximate surface area is 187 Å². The van der Waals surface area contributed by atoms with Crippen molar-refractivity contribution in [2.45, 2.75) is 26.8 Å². The van der Waals surface area contributed by atoms with Gasteiger partial charge in [-0.1, -0.05) is 23.8 Å². The predicted octanol–water partition coefficient (Wildman–Crippen LogP) is 4.65. The van der Waals surface area contributed by atoms with E-state index in [1.807, 2.05) is 35.9 Å². The standard InChI is InChI=1S/C22H20N4O3S2/c1-13-4-3-5-15(8-13)21-24-16(11-30-21)9-20(28)26-22-25-18(12-31-22)19-7-6-17(29-19)10-23-14(2)27/h3-8,11-12H,9-10H2,1-2H3,(H,23,27)(H,25,26,28). The lowest BCUT2D eigenvalue weighted by molar-refractivity contribution is -0.119. The number of thiazole rings is 2. The van der Waals surface area contributed by atoms with Crippen molar-refractivity contribution in [2.75, 3.05) is 5.32 Å². The van der Waals surface area contributed by atoms with Crippen LogP contribution in [0, 0.1) is 6.92 Å². The molecule has 0 spiro atoms. The van der Waals surface area contributed by atoms with Crippen LogP contribution in [0.1, 0.15) is 23.9 Å². The van der Waals surface area contributed by atoms with E-state index in [9.17, 15) is 9.59 Å². The highest BCUT2D eigenvalue weighted by atomic mass is 32.1. The minimum atomic E-state index is -0.173. The number of furan rings is 1. The first kappa shape index (κ1) is 21.0. The second-order valence-electron chi connectivity index (χ2n) is 6.95. The average Bonchev–Trinajstić information content (AvgIpc) is 3.47. The van der Waals surface area contributed by atoms with Crippen molar-refractivity contribution in [1.82, 2.24) is 15.3 Å². The molecule has 3 aromatic heterocycles. The molecule has 3 heterocycles. The molecule has 31 heavy (non-hydrogen) atoms. The highest BCUT2D eigenvalue weighted by Gasteiger charge is 2.13. The molecule has 0 aliphatic carbocycles. The molecule has 4 aromatic rings. The summed E-state index contributed by atoms with van der Waals surface area (Å²) in [6, 6.07) is 11.7. The van der Waals surface area contributed by atoms with Crippen LogP contribution in [0.2, 0.25) is 0 Å². The molecule has 2 amide bonds. The van der Waals surface area contributed by atoms with Crippen LogP contribution in [0.5, 0.6) is 0 Å². The van der Waals surface area contributed by atoms with E-state index in [1.165, 1.54) is 35.2 Å². The highest BCUT2D eigenvalue weighted by molar-refractivity contribution is 7.14. The molecule has 1 aromatic carbocycles. The number of rotatable bonds is 7. The number of hydrogen-bond donors (Lipinski definition) is 2. The second-order valence-corrected chi connectivity index (χ2v) is 8.67. The van der Waals surface area contributed by atoms with E-state index in [1.54, 1.807) is 12.1 Å². The molecule has 0 atom stereocenters. The highest BCUT2D eigenvalue weighted by Crippen LogP contribution is 2.27. The Bertz CT molecular complexity index is 1220. The summed E-state index contributed by atoms with van der Waals surface area (Å²) in [4.78, 5) is 32.5. The van der Waals surface area contributed by atoms with E-state index in [0.717, 1.165) is 16.3 Å². The first-order valence-corrected chi connectivity index (χ1v) is 11.3. The number of carbonyl (C=O) groups is 2. The zero-order valence-electron chi connectivity index (χ0n) is 17.0. The third-order valence-corrected chi connectivity index (χ3v) is 6.03. The molecular formula is C22H20N4O3S2. The van der Waals surface area contributed by atoms with Crippen molar-refractivity contribution < 1.29 is 14.0 Å². The van der Waals surface area contributed by atoms with Crippen LogP contribution in [0.25, 0.3) is 22.0 Å². The molecule has 7 nitrogen and oxygen atoms in total. The zero-order chi connectivity index (χ0) is 21.8. The molecule has 0 unspecified atom stereocenters. The molecular weight excluding hydrogens is 432 g/mol. The Balaban J connectivity index is 1.36. The van der Waals surface area contributed by atoms with Crippen LogP contribution < -0.4 is 10.6 Å². The molecule has 0 saturated heterocycles. The van der Waals surface area contributed by atoms with Crippen LogP contribution in [-0.2, 0) is 22.6 Å². The summed E-state index contributed by atoms with van der Waals surface area (Å²) in [7, 11) is 0. The summed E-state index contributed by atoms with van der Waals surface area (Å²) in [6.45, 7) is 3.82. The monoisotopic (exact) mass is 452 g/mol. The number of aromatic nitrogens is 2. The van der Waals surface area contributed by atoms with Gasteiger partial charge < -0.3 is 15.1 Å². The Hall–Kier alpha value is -3.30. The summed E-state index contributed by atoms with van der Waals surface area (Å²) in [5, 5.41) is 10.6. The van der Waals surface area contributed by atoms with Gasteiger partial charge in [-0.25, -0.2) is 9.97 Å². The minimum absolute atomic E-state index is 0.122. The van der Waals surface area contributed by atoms with Gasteiger partial charge in [0.25, 0.3) is 0 Å². The van der Waals surface area contributed by atoms with Gasteiger partial charge in [-0.3, -0.25) is 9.59 Å². The second kappa shape index (κ2) is 9.23. The lowest BCUT2D eigenvalue weighted by atomic mass is 10.1. The van der Waals surface area contributed by atoms with Crippen molar-refractivity contribution in [2.24, 2.45) is 0 Å². The van der Waals surface area contributed by atoms with Crippen LogP contribution in [0.3, 0.4) is 0 Å². The number of nitrogens with one attached hydrogen (secondary N) is 2. The number of anilines is 1. The molecule has 0 bridgehead atoms. The third kappa shape index (κ3) is 5.44. The van der Waals surface area contributed by atoms with Gasteiger partial charge in [0.05, 0.1) is 18.7 Å². The summed E-state index contributed by atoms with van der Waals surface area (Å²) >= 11 is 2.85. The molecule has 2 N–H and O–H groups in total. The first-order chi connectivity index (χ1) is 15.0. The normalized spacial score (nSPS) is 10.8. The molecule has 0 saturated carbocycles. The van der Waals surface area contributed by atoms with Crippen molar-refractivity contribution in [3.63, 3.8) is 0 Å². The Morgan fingerprint density at radius 1 is 1.10 bits per heavy atom. The average molecular weight is 453 g/mol. The van der Waals surface area contributed by atoms with Gasteiger partial charge in [0.15, 0.2) is 10.9 Å². The summed E-state index contributed by atoms with van der Waals surface area (Å²) < 4.78 is 5.70. The van der Waals surface area contributed by atoms with Gasteiger partial charge >= 0.3 is 0 Å². The van der Waals surface area contributed by atoms with E-state index < -0.39 is 0 Å². The lowest BCUT2D eigenvalue weighted by Crippen LogP contribution is -2.18. The maximum atomic E-state index is 12.4. The smallest absolute Gasteiger partial charge is 0.232 e. The van der Waals surface area contributed by atoms with E-state index in [0.29, 0.717) is 28.9 Å². The van der Waals surface area contributed by atoms with Crippen molar-refractivity contribution in [3.8, 4) is 22.0 Å². The number of amides is 2. The van der Waals surface area contributed by atoms with Gasteiger partial charge in [0, 0.05) is 23.2 Å². The van der Waals surface area contributed by atoms with Gasteiger partial charge in [0.2, 0.25) is 11.8 Å². The molecule has 4 rings (SSSR count). The third-order valence-electron chi connectivity index (χ3n) is 4.33. The fraction of sp³-hybridized carbons (Fsp3) is 0.182. The van der Waals surface area contributed by atoms with E-state index >= 15 is 0 Å². The lowest BCUT2D eigenvalue weighted by Gasteiger charge is -2.00. The minimum Gasteiger partial charge on any atom is -0.458 e. The van der Waals surface area contributed by atoms with Gasteiger partial charge in [-0.15, -0.1) is 22.7 Å². The molecule has 0 aliphatic heterocycles. The fourth-order valence-corrected chi connectivity index (χ4v) is 4.43. The number of carbonyl (C=O) groups excluding carboxylic acids is 2. The number of hydrogen-bond acceptors (Lipinski definition) is 7. The summed E-state index contributed by atoms with van der Waals surface area (Å²) in [5.41, 5.74) is 3.58. The van der Waals surface area contributed by atoms with E-state index in [4.69, 9.17) is 4.42 Å². The molecule has 158 valence electrons. The molecule has 0 aliphatic rings. The van der Waals surface area contributed by atoms with Crippen LogP contribution in [0.4, 0.5) is 5.13 Å². The van der Waals surface area contributed by atoms with Gasteiger partial charge in [-0.2, -0.15) is 0 Å². The topological polar surface area (TPSA) is 97.1 Å². The van der Waals surface area contributed by atoms with Crippen LogP contribution in [0.15, 0.2) is 51.6 Å². The summed E-state index contributed by atoms with van der Waals surface area (Å²) in [5.74, 6) is 0.923. The van der Waals surface area contributed by atoms with Crippen LogP contribution >= 0.6 is 22.7 Å². The predicted molar refractivity (Wildman–Crippen MR) is 122 cm³/mol. The van der Waals surface area contributed by atoms with Crippen molar-refractivity contribution in [1.29, 1.82) is 0 Å². The molecule has 0 fully saturated rings. The van der Waals surface area contributed by atoms with Crippen LogP contribution in [-0.4, -0.2) is 21.8 Å². The quantitative estimate of drug-likeness (QED) is 0.425. The maximum Gasteiger partial charge on any atom is 0.232 e. The molecule has 9 heteroatoms. The Kier molecular flexibility index (Phi) is 6.24. The maximum absolute atomic E-state index is 12.4. The van der Waals surface area contributed by atoms with E-state index in [-0.39, 0.29) is 18.2 Å². The Morgan fingerprint density at radius 2 is 1.97 bits per heavy atom. The largest absolute Gasteiger partial charge is 0.458 e. The number of benzene rings is 1. The van der Waals surface area contributed by atoms with E-state index in [2.05, 4.69) is 26.7 Å². The number of aryl methyl sites for hydroxylation is 1. The fourth-order valence-electron chi connectivity index (χ4n) is 2.89. The Morgan fingerprint density at radius 3 is 2.77 bits per heavy atom.